The van der Waals surface area contributed by atoms with Gasteiger partial charge in [-0.1, -0.05) is 0 Å². The van der Waals surface area contributed by atoms with Crippen LogP contribution in [0.15, 0.2) is 39.8 Å². The molecule has 0 saturated carbocycles. The van der Waals surface area contributed by atoms with Crippen molar-refractivity contribution in [3.05, 3.63) is 58.0 Å². The van der Waals surface area contributed by atoms with E-state index in [4.69, 9.17) is 9.15 Å². The molecule has 1 aliphatic carbocycles. The van der Waals surface area contributed by atoms with Gasteiger partial charge in [0, 0.05) is 29.4 Å². The van der Waals surface area contributed by atoms with Gasteiger partial charge in [-0.2, -0.15) is 0 Å². The van der Waals surface area contributed by atoms with Crippen molar-refractivity contribution in [2.24, 2.45) is 0 Å². The molecule has 4 rings (SSSR count). The first-order valence-corrected chi connectivity index (χ1v) is 8.36. The summed E-state index contributed by atoms with van der Waals surface area (Å²) in [5.74, 6) is 1.67. The summed E-state index contributed by atoms with van der Waals surface area (Å²) in [5, 5.41) is 0.992. The van der Waals surface area contributed by atoms with Crippen LogP contribution in [0.4, 0.5) is 0 Å². The summed E-state index contributed by atoms with van der Waals surface area (Å²) < 4.78 is 13.5. The highest BCUT2D eigenvalue weighted by Gasteiger charge is 2.19. The Bertz CT molecular complexity index is 953. The Balaban J connectivity index is 1.65. The zero-order chi connectivity index (χ0) is 16.7. The van der Waals surface area contributed by atoms with Gasteiger partial charge in [0.2, 0.25) is 0 Å². The van der Waals surface area contributed by atoms with Gasteiger partial charge in [-0.05, 0) is 56.9 Å². The fourth-order valence-electron chi connectivity index (χ4n) is 3.43. The van der Waals surface area contributed by atoms with Gasteiger partial charge < -0.3 is 13.7 Å². The number of aromatic nitrogens is 2. The van der Waals surface area contributed by atoms with Gasteiger partial charge in [-0.25, -0.2) is 9.78 Å². The standard InChI is InChI=1S/C19H20N2O3/c1-12(2)21-9-8-20-18(21)11-23-13-6-7-17-16(10-13)14-4-3-5-15(14)19(22)24-17/h6-10,12H,3-5,11H2,1-2H3. The van der Waals surface area contributed by atoms with E-state index >= 15 is 0 Å². The second-order valence-electron chi connectivity index (χ2n) is 6.49. The molecule has 0 saturated heterocycles. The van der Waals surface area contributed by atoms with E-state index in [2.05, 4.69) is 23.4 Å². The van der Waals surface area contributed by atoms with Gasteiger partial charge in [0.1, 0.15) is 23.8 Å². The molecular formula is C19H20N2O3. The summed E-state index contributed by atoms with van der Waals surface area (Å²) in [4.78, 5) is 16.3. The normalized spacial score (nSPS) is 13.6. The smallest absolute Gasteiger partial charge is 0.339 e. The number of rotatable bonds is 4. The van der Waals surface area contributed by atoms with E-state index in [0.717, 1.165) is 47.3 Å². The molecule has 0 radical (unpaired) electrons. The topological polar surface area (TPSA) is 57.3 Å². The number of hydrogen-bond donors (Lipinski definition) is 0. The van der Waals surface area contributed by atoms with Crippen molar-refractivity contribution in [3.63, 3.8) is 0 Å². The third-order valence-electron chi connectivity index (χ3n) is 4.62. The van der Waals surface area contributed by atoms with Gasteiger partial charge in [0.25, 0.3) is 0 Å². The van der Waals surface area contributed by atoms with Crippen LogP contribution in [0.1, 0.15) is 43.3 Å². The highest BCUT2D eigenvalue weighted by molar-refractivity contribution is 5.83. The first-order valence-electron chi connectivity index (χ1n) is 8.36. The minimum atomic E-state index is -0.192. The molecule has 124 valence electrons. The van der Waals surface area contributed by atoms with E-state index in [9.17, 15) is 4.79 Å². The molecule has 0 fully saturated rings. The van der Waals surface area contributed by atoms with Crippen molar-refractivity contribution in [3.8, 4) is 5.75 Å². The quantitative estimate of drug-likeness (QED) is 0.688. The number of imidazole rings is 1. The molecule has 0 unspecified atom stereocenters. The lowest BCUT2D eigenvalue weighted by Gasteiger charge is -2.13. The van der Waals surface area contributed by atoms with Gasteiger partial charge in [0.05, 0.1) is 0 Å². The molecular weight excluding hydrogens is 304 g/mol. The zero-order valence-corrected chi connectivity index (χ0v) is 13.9. The maximum Gasteiger partial charge on any atom is 0.339 e. The molecule has 0 spiro atoms. The Hall–Kier alpha value is -2.56. The summed E-state index contributed by atoms with van der Waals surface area (Å²) in [6, 6.07) is 5.99. The van der Waals surface area contributed by atoms with Crippen LogP contribution in [0.2, 0.25) is 0 Å². The van der Waals surface area contributed by atoms with E-state index in [1.54, 1.807) is 6.20 Å². The molecule has 0 bridgehead atoms. The lowest BCUT2D eigenvalue weighted by molar-refractivity contribution is 0.286. The van der Waals surface area contributed by atoms with E-state index in [1.165, 1.54) is 0 Å². The van der Waals surface area contributed by atoms with Crippen molar-refractivity contribution in [2.45, 2.75) is 45.8 Å². The highest BCUT2D eigenvalue weighted by Crippen LogP contribution is 2.30. The van der Waals surface area contributed by atoms with Crippen LogP contribution in [0.3, 0.4) is 0 Å². The zero-order valence-electron chi connectivity index (χ0n) is 13.9. The van der Waals surface area contributed by atoms with Gasteiger partial charge >= 0.3 is 5.63 Å². The van der Waals surface area contributed by atoms with Gasteiger partial charge in [-0.3, -0.25) is 0 Å². The molecule has 0 atom stereocenters. The number of benzene rings is 1. The van der Waals surface area contributed by atoms with Crippen LogP contribution >= 0.6 is 0 Å². The Morgan fingerprint density at radius 1 is 1.29 bits per heavy atom. The summed E-state index contributed by atoms with van der Waals surface area (Å²) in [7, 11) is 0. The second kappa shape index (κ2) is 5.82. The van der Waals surface area contributed by atoms with Crippen molar-refractivity contribution in [2.75, 3.05) is 0 Å². The molecule has 5 nitrogen and oxygen atoms in total. The minimum absolute atomic E-state index is 0.192. The monoisotopic (exact) mass is 324 g/mol. The number of hydrogen-bond acceptors (Lipinski definition) is 4. The number of fused-ring (bicyclic) bond motifs is 3. The second-order valence-corrected chi connectivity index (χ2v) is 6.49. The van der Waals surface area contributed by atoms with Crippen molar-refractivity contribution >= 4 is 11.0 Å². The SMILES string of the molecule is CC(C)n1ccnc1COc1ccc2oc(=O)c3c(c2c1)CCC3. The number of aryl methyl sites for hydroxylation is 1. The molecule has 1 aliphatic rings. The minimum Gasteiger partial charge on any atom is -0.486 e. The first kappa shape index (κ1) is 15.0. The van der Waals surface area contributed by atoms with Crippen molar-refractivity contribution in [1.82, 2.24) is 9.55 Å². The lowest BCUT2D eigenvalue weighted by Crippen LogP contribution is -2.09. The van der Waals surface area contributed by atoms with Crippen LogP contribution in [0, 0.1) is 0 Å². The van der Waals surface area contributed by atoms with Crippen molar-refractivity contribution < 1.29 is 9.15 Å². The summed E-state index contributed by atoms with van der Waals surface area (Å²) in [6.07, 6.45) is 6.51. The third kappa shape index (κ3) is 2.50. The first-order chi connectivity index (χ1) is 11.6. The third-order valence-corrected chi connectivity index (χ3v) is 4.62. The van der Waals surface area contributed by atoms with E-state index < -0.39 is 0 Å². The van der Waals surface area contributed by atoms with E-state index in [-0.39, 0.29) is 5.63 Å². The van der Waals surface area contributed by atoms with E-state index in [0.29, 0.717) is 18.2 Å². The van der Waals surface area contributed by atoms with Gasteiger partial charge in [-0.15, -0.1) is 0 Å². The van der Waals surface area contributed by atoms with Crippen LogP contribution in [0.5, 0.6) is 5.75 Å². The maximum absolute atomic E-state index is 12.0. The molecule has 0 N–H and O–H groups in total. The average Bonchev–Trinajstić information content (AvgIpc) is 3.23. The molecule has 2 heterocycles. The summed E-state index contributed by atoms with van der Waals surface area (Å²) >= 11 is 0. The maximum atomic E-state index is 12.0. The Morgan fingerprint density at radius 2 is 2.12 bits per heavy atom. The molecule has 0 amide bonds. The molecule has 3 aromatic rings. The fraction of sp³-hybridized carbons (Fsp3) is 0.368. The van der Waals surface area contributed by atoms with Crippen molar-refractivity contribution in [1.29, 1.82) is 0 Å². The highest BCUT2D eigenvalue weighted by atomic mass is 16.5. The van der Waals surface area contributed by atoms with Crippen LogP contribution < -0.4 is 10.4 Å². The summed E-state index contributed by atoms with van der Waals surface area (Å²) in [6.45, 7) is 4.65. The average molecular weight is 324 g/mol. The predicted molar refractivity (Wildman–Crippen MR) is 91.5 cm³/mol. The largest absolute Gasteiger partial charge is 0.486 e. The molecule has 2 aromatic heterocycles. The summed E-state index contributed by atoms with van der Waals surface area (Å²) in [5.41, 5.74) is 2.39. The number of ether oxygens (including phenoxy) is 1. The van der Waals surface area contributed by atoms with Gasteiger partial charge in [0.15, 0.2) is 0 Å². The van der Waals surface area contributed by atoms with E-state index in [1.807, 2.05) is 24.4 Å². The number of nitrogens with zero attached hydrogens (tertiary/aromatic N) is 2. The predicted octanol–water partition coefficient (Wildman–Crippen LogP) is 3.64. The molecule has 1 aromatic carbocycles. The molecule has 5 heteroatoms. The van der Waals surface area contributed by atoms with Crippen LogP contribution in [-0.4, -0.2) is 9.55 Å². The van der Waals surface area contributed by atoms with Crippen LogP contribution in [0.25, 0.3) is 11.0 Å². The Labute approximate surface area is 139 Å². The Morgan fingerprint density at radius 3 is 2.96 bits per heavy atom. The van der Waals surface area contributed by atoms with Crippen LogP contribution in [-0.2, 0) is 19.4 Å². The fourth-order valence-corrected chi connectivity index (χ4v) is 3.43. The Kier molecular flexibility index (Phi) is 3.63. The molecule has 0 aliphatic heterocycles. The molecule has 24 heavy (non-hydrogen) atoms. The lowest BCUT2D eigenvalue weighted by atomic mass is 10.1.